The quantitative estimate of drug-likeness (QED) is 0.541. The SMILES string of the molecule is COc1c(Br)cc(Br)c(Cl)c1Cl. The molecule has 0 unspecified atom stereocenters. The third kappa shape index (κ3) is 1.90. The van der Waals surface area contributed by atoms with Crippen molar-refractivity contribution in [2.45, 2.75) is 0 Å². The Morgan fingerprint density at radius 3 is 2.25 bits per heavy atom. The van der Waals surface area contributed by atoms with Crippen molar-refractivity contribution in [3.63, 3.8) is 0 Å². The highest BCUT2D eigenvalue weighted by Gasteiger charge is 2.12. The first kappa shape index (κ1) is 10.6. The standard InChI is InChI=1S/C7H4Br2Cl2O/c1-12-7-4(9)2-3(8)5(10)6(7)11/h2H,1H3. The molecule has 0 aliphatic heterocycles. The normalized spacial score (nSPS) is 10.1. The number of hydrogen-bond acceptors (Lipinski definition) is 1. The molecule has 1 aromatic rings. The van der Waals surface area contributed by atoms with Crippen LogP contribution in [-0.2, 0) is 0 Å². The molecule has 1 aromatic carbocycles. The molecule has 0 fully saturated rings. The zero-order valence-corrected chi connectivity index (χ0v) is 10.7. The molecule has 0 heterocycles. The minimum atomic E-state index is 0.403. The van der Waals surface area contributed by atoms with E-state index in [1.807, 2.05) is 0 Å². The predicted molar refractivity (Wildman–Crippen MR) is 58.4 cm³/mol. The van der Waals surface area contributed by atoms with Crippen molar-refractivity contribution >= 4 is 55.1 Å². The highest BCUT2D eigenvalue weighted by molar-refractivity contribution is 9.11. The van der Waals surface area contributed by atoms with Crippen LogP contribution in [0.2, 0.25) is 10.0 Å². The molecule has 0 atom stereocenters. The first-order valence-corrected chi connectivity index (χ1v) is 5.29. The number of rotatable bonds is 1. The largest absolute Gasteiger partial charge is 0.494 e. The molecule has 0 saturated heterocycles. The van der Waals surface area contributed by atoms with Gasteiger partial charge in [0.05, 0.1) is 16.6 Å². The van der Waals surface area contributed by atoms with Gasteiger partial charge in [0.25, 0.3) is 0 Å². The van der Waals surface area contributed by atoms with Gasteiger partial charge >= 0.3 is 0 Å². The fraction of sp³-hybridized carbons (Fsp3) is 0.143. The van der Waals surface area contributed by atoms with Crippen LogP contribution in [0.4, 0.5) is 0 Å². The Morgan fingerprint density at radius 2 is 1.75 bits per heavy atom. The van der Waals surface area contributed by atoms with E-state index in [2.05, 4.69) is 31.9 Å². The fourth-order valence-electron chi connectivity index (χ4n) is 0.737. The lowest BCUT2D eigenvalue weighted by Crippen LogP contribution is -1.87. The van der Waals surface area contributed by atoms with Gasteiger partial charge in [-0.2, -0.15) is 0 Å². The van der Waals surface area contributed by atoms with E-state index in [0.29, 0.717) is 15.8 Å². The van der Waals surface area contributed by atoms with Crippen LogP contribution in [0.1, 0.15) is 0 Å². The lowest BCUT2D eigenvalue weighted by molar-refractivity contribution is 0.412. The Morgan fingerprint density at radius 1 is 1.17 bits per heavy atom. The third-order valence-corrected chi connectivity index (χ3v) is 3.57. The third-order valence-electron chi connectivity index (χ3n) is 1.28. The molecule has 0 bridgehead atoms. The van der Waals surface area contributed by atoms with Gasteiger partial charge in [-0.3, -0.25) is 0 Å². The van der Waals surface area contributed by atoms with Gasteiger partial charge in [-0.1, -0.05) is 23.2 Å². The van der Waals surface area contributed by atoms with Crippen molar-refractivity contribution in [3.8, 4) is 5.75 Å². The molecule has 1 rings (SSSR count). The van der Waals surface area contributed by atoms with Gasteiger partial charge in [-0.05, 0) is 37.9 Å². The Labute approximate surface area is 97.3 Å². The number of halogens is 4. The molecule has 5 heteroatoms. The summed E-state index contributed by atoms with van der Waals surface area (Å²) < 4.78 is 6.53. The van der Waals surface area contributed by atoms with Crippen LogP contribution in [0.3, 0.4) is 0 Å². The fourth-order valence-corrected chi connectivity index (χ4v) is 2.71. The number of benzene rings is 1. The topological polar surface area (TPSA) is 9.23 Å². The Hall–Kier alpha value is 0.560. The monoisotopic (exact) mass is 332 g/mol. The lowest BCUT2D eigenvalue weighted by atomic mass is 10.3. The number of hydrogen-bond donors (Lipinski definition) is 0. The van der Waals surface area contributed by atoms with Gasteiger partial charge in [0.1, 0.15) is 5.02 Å². The highest BCUT2D eigenvalue weighted by atomic mass is 79.9. The molecule has 0 aromatic heterocycles. The molecule has 0 radical (unpaired) electrons. The first-order chi connectivity index (χ1) is 5.57. The van der Waals surface area contributed by atoms with Crippen molar-refractivity contribution in [2.75, 3.05) is 7.11 Å². The van der Waals surface area contributed by atoms with Crippen LogP contribution in [-0.4, -0.2) is 7.11 Å². The van der Waals surface area contributed by atoms with Gasteiger partial charge in [0.2, 0.25) is 0 Å². The van der Waals surface area contributed by atoms with Crippen molar-refractivity contribution in [1.29, 1.82) is 0 Å². The first-order valence-electron chi connectivity index (χ1n) is 2.95. The maximum Gasteiger partial charge on any atom is 0.153 e. The van der Waals surface area contributed by atoms with Gasteiger partial charge in [0, 0.05) is 4.47 Å². The summed E-state index contributed by atoms with van der Waals surface area (Å²) in [5.41, 5.74) is 0. The Bertz CT molecular complexity index is 315. The minimum absolute atomic E-state index is 0.403. The molecule has 0 N–H and O–H groups in total. The second-order valence-electron chi connectivity index (χ2n) is 2.00. The molecular formula is C7H4Br2Cl2O. The highest BCUT2D eigenvalue weighted by Crippen LogP contribution is 2.42. The Kier molecular flexibility index (Phi) is 3.71. The summed E-state index contributed by atoms with van der Waals surface area (Å²) in [5.74, 6) is 0.546. The van der Waals surface area contributed by atoms with Crippen LogP contribution in [0.15, 0.2) is 15.0 Å². The van der Waals surface area contributed by atoms with Crippen LogP contribution >= 0.6 is 55.1 Å². The zero-order chi connectivity index (χ0) is 9.30. The number of methoxy groups -OCH3 is 1. The molecule has 0 saturated carbocycles. The summed E-state index contributed by atoms with van der Waals surface area (Å²) >= 11 is 18.3. The maximum atomic E-state index is 5.89. The average molecular weight is 335 g/mol. The van der Waals surface area contributed by atoms with Crippen molar-refractivity contribution in [1.82, 2.24) is 0 Å². The molecular weight excluding hydrogens is 331 g/mol. The van der Waals surface area contributed by atoms with E-state index in [0.717, 1.165) is 8.95 Å². The second kappa shape index (κ2) is 4.18. The van der Waals surface area contributed by atoms with E-state index in [9.17, 15) is 0 Å². The van der Waals surface area contributed by atoms with Gasteiger partial charge in [0.15, 0.2) is 5.75 Å². The molecule has 0 aliphatic carbocycles. The van der Waals surface area contributed by atoms with Crippen molar-refractivity contribution < 1.29 is 4.74 Å². The van der Waals surface area contributed by atoms with Crippen LogP contribution in [0.25, 0.3) is 0 Å². The van der Waals surface area contributed by atoms with Crippen LogP contribution < -0.4 is 4.74 Å². The molecule has 0 spiro atoms. The molecule has 1 nitrogen and oxygen atoms in total. The van der Waals surface area contributed by atoms with Crippen molar-refractivity contribution in [3.05, 3.63) is 25.1 Å². The maximum absolute atomic E-state index is 5.89. The van der Waals surface area contributed by atoms with Gasteiger partial charge in [-0.25, -0.2) is 0 Å². The van der Waals surface area contributed by atoms with E-state index in [4.69, 9.17) is 27.9 Å². The number of ether oxygens (including phenoxy) is 1. The van der Waals surface area contributed by atoms with Gasteiger partial charge in [-0.15, -0.1) is 0 Å². The summed E-state index contributed by atoms with van der Waals surface area (Å²) in [6, 6.07) is 1.78. The summed E-state index contributed by atoms with van der Waals surface area (Å²) in [6.07, 6.45) is 0. The summed E-state index contributed by atoms with van der Waals surface area (Å²) in [7, 11) is 1.54. The molecule has 0 aliphatic rings. The second-order valence-corrected chi connectivity index (χ2v) is 4.47. The van der Waals surface area contributed by atoms with Gasteiger partial charge < -0.3 is 4.74 Å². The van der Waals surface area contributed by atoms with E-state index < -0.39 is 0 Å². The lowest BCUT2D eigenvalue weighted by Gasteiger charge is -2.08. The average Bonchev–Trinajstić information content (AvgIpc) is 2.01. The van der Waals surface area contributed by atoms with Crippen LogP contribution in [0, 0.1) is 0 Å². The zero-order valence-electron chi connectivity index (χ0n) is 6.00. The van der Waals surface area contributed by atoms with Crippen LogP contribution in [0.5, 0.6) is 5.75 Å². The van der Waals surface area contributed by atoms with Crippen molar-refractivity contribution in [2.24, 2.45) is 0 Å². The van der Waals surface area contributed by atoms with E-state index >= 15 is 0 Å². The summed E-state index contributed by atoms with van der Waals surface area (Å²) in [6.45, 7) is 0. The Balaban J connectivity index is 3.40. The molecule has 12 heavy (non-hydrogen) atoms. The smallest absolute Gasteiger partial charge is 0.153 e. The summed E-state index contributed by atoms with van der Waals surface area (Å²) in [4.78, 5) is 0. The predicted octanol–water partition coefficient (Wildman–Crippen LogP) is 4.53. The summed E-state index contributed by atoms with van der Waals surface area (Å²) in [5, 5.41) is 0.858. The van der Waals surface area contributed by atoms with E-state index in [1.165, 1.54) is 7.11 Å². The van der Waals surface area contributed by atoms with E-state index in [-0.39, 0.29) is 0 Å². The molecule has 66 valence electrons. The minimum Gasteiger partial charge on any atom is -0.494 e. The van der Waals surface area contributed by atoms with E-state index in [1.54, 1.807) is 6.07 Å². The molecule has 0 amide bonds.